The molecule has 51 heavy (non-hydrogen) atoms. The zero-order valence-corrected chi connectivity index (χ0v) is 29.1. The van der Waals surface area contributed by atoms with Crippen molar-refractivity contribution in [2.75, 3.05) is 28.1 Å². The minimum atomic E-state index is 0.0576. The van der Waals surface area contributed by atoms with E-state index in [2.05, 4.69) is 0 Å². The number of hydrogen-bond donors (Lipinski definition) is 0. The number of methoxy groups -OCH3 is 3. The number of rotatable bonds is 18. The summed E-state index contributed by atoms with van der Waals surface area (Å²) in [4.78, 5) is 0. The van der Waals surface area contributed by atoms with E-state index in [1.54, 1.807) is 21.3 Å². The molecule has 0 aliphatic rings. The summed E-state index contributed by atoms with van der Waals surface area (Å²) in [7, 11) is 4.80. The summed E-state index contributed by atoms with van der Waals surface area (Å²) in [5, 5.41) is 1.21. The predicted molar refractivity (Wildman–Crippen MR) is 197 cm³/mol. The third-order valence-corrected chi connectivity index (χ3v) is 8.20. The van der Waals surface area contributed by atoms with E-state index in [9.17, 15) is 0 Å². The molecule has 0 aliphatic heterocycles. The van der Waals surface area contributed by atoms with Gasteiger partial charge in [0.2, 0.25) is 0 Å². The Kier molecular flexibility index (Phi) is 12.3. The van der Waals surface area contributed by atoms with E-state index in [-0.39, 0.29) is 33.2 Å². The zero-order valence-electron chi connectivity index (χ0n) is 29.1. The molecule has 0 fully saturated rings. The molecule has 0 radical (unpaired) electrons. The largest absolute Gasteiger partial charge is 0.493 e. The van der Waals surface area contributed by atoms with E-state index in [0.29, 0.717) is 57.4 Å². The minimum Gasteiger partial charge on any atom is -0.493 e. The van der Waals surface area contributed by atoms with Crippen LogP contribution in [0.1, 0.15) is 27.8 Å². The van der Waals surface area contributed by atoms with Crippen molar-refractivity contribution in [2.45, 2.75) is 33.0 Å². The Bertz CT molecular complexity index is 1970. The lowest BCUT2D eigenvalue weighted by Crippen LogP contribution is -2.10. The van der Waals surface area contributed by atoms with Crippen LogP contribution in [0.2, 0.25) is 0 Å². The summed E-state index contributed by atoms with van der Waals surface area (Å²) in [6, 6.07) is 41.7. The number of fused-ring (bicyclic) bond motifs is 1. The van der Waals surface area contributed by atoms with Crippen LogP contribution in [-0.4, -0.2) is 28.1 Å². The highest BCUT2D eigenvalue weighted by Gasteiger charge is 2.31. The lowest BCUT2D eigenvalue weighted by molar-refractivity contribution is -0.0402. The van der Waals surface area contributed by atoms with Crippen LogP contribution in [-0.2, 0) is 42.5 Å². The van der Waals surface area contributed by atoms with E-state index in [0.717, 1.165) is 22.3 Å². The van der Waals surface area contributed by atoms with Crippen molar-refractivity contribution in [3.63, 3.8) is 0 Å². The van der Waals surface area contributed by atoms with Crippen LogP contribution in [0.15, 0.2) is 127 Å². The lowest BCUT2D eigenvalue weighted by Gasteiger charge is -2.26. The van der Waals surface area contributed by atoms with Gasteiger partial charge in [-0.3, -0.25) is 0 Å². The quantitative estimate of drug-likeness (QED) is 0.0655. The summed E-state index contributed by atoms with van der Waals surface area (Å²) in [5.74, 6) is 2.81. The molecule has 0 bridgehead atoms. The van der Waals surface area contributed by atoms with Gasteiger partial charge in [0, 0.05) is 13.2 Å². The Balaban J connectivity index is 1.61. The first-order chi connectivity index (χ1) is 25.2. The Morgan fingerprint density at radius 2 is 0.843 bits per heavy atom. The maximum absolute atomic E-state index is 6.81. The highest BCUT2D eigenvalue weighted by Crippen LogP contribution is 2.56. The highest BCUT2D eigenvalue weighted by atomic mass is 16.7. The molecule has 6 aromatic rings. The van der Waals surface area contributed by atoms with Crippen molar-refractivity contribution >= 4 is 10.8 Å². The molecule has 0 spiro atoms. The van der Waals surface area contributed by atoms with Crippen LogP contribution in [0, 0.1) is 0 Å². The van der Waals surface area contributed by atoms with Crippen molar-refractivity contribution in [1.82, 2.24) is 0 Å². The number of ether oxygens (including phenoxy) is 8. The summed E-state index contributed by atoms with van der Waals surface area (Å²) >= 11 is 0. The molecule has 0 aromatic heterocycles. The van der Waals surface area contributed by atoms with Crippen molar-refractivity contribution < 1.29 is 37.9 Å². The first kappa shape index (κ1) is 35.1. The van der Waals surface area contributed by atoms with Crippen LogP contribution in [0.4, 0.5) is 0 Å². The van der Waals surface area contributed by atoms with E-state index in [1.807, 2.05) is 127 Å². The monoisotopic (exact) mass is 686 g/mol. The van der Waals surface area contributed by atoms with Crippen molar-refractivity contribution in [3.05, 3.63) is 155 Å². The van der Waals surface area contributed by atoms with Gasteiger partial charge in [-0.2, -0.15) is 0 Å². The molecule has 0 unspecified atom stereocenters. The van der Waals surface area contributed by atoms with Crippen LogP contribution >= 0.6 is 0 Å². The van der Waals surface area contributed by atoms with E-state index in [1.165, 1.54) is 0 Å². The fourth-order valence-corrected chi connectivity index (χ4v) is 5.76. The van der Waals surface area contributed by atoms with Crippen molar-refractivity contribution in [3.8, 4) is 34.5 Å². The Hall–Kier alpha value is -5.70. The van der Waals surface area contributed by atoms with Gasteiger partial charge in [0.05, 0.1) is 37.2 Å². The topological polar surface area (TPSA) is 73.8 Å². The third-order valence-electron chi connectivity index (χ3n) is 8.20. The number of benzene rings is 6. The maximum atomic E-state index is 6.81. The van der Waals surface area contributed by atoms with Gasteiger partial charge in [0.1, 0.15) is 44.7 Å². The average Bonchev–Trinajstić information content (AvgIpc) is 3.19. The van der Waals surface area contributed by atoms with Gasteiger partial charge in [-0.25, -0.2) is 0 Å². The SMILES string of the molecule is COCOCc1c(OCc2ccccc2)c(OC)c2c(OCc3ccccc3)c(OC)cc(OCc3ccccc3)c2c1OCc1ccccc1. The molecule has 0 atom stereocenters. The van der Waals surface area contributed by atoms with Gasteiger partial charge >= 0.3 is 0 Å². The van der Waals surface area contributed by atoms with E-state index < -0.39 is 0 Å². The van der Waals surface area contributed by atoms with Crippen LogP contribution in [0.3, 0.4) is 0 Å². The molecule has 8 nitrogen and oxygen atoms in total. The van der Waals surface area contributed by atoms with Crippen LogP contribution in [0.5, 0.6) is 34.5 Å². The van der Waals surface area contributed by atoms with Crippen LogP contribution in [0.25, 0.3) is 10.8 Å². The van der Waals surface area contributed by atoms with Gasteiger partial charge in [0.15, 0.2) is 23.0 Å². The minimum absolute atomic E-state index is 0.0576. The predicted octanol–water partition coefficient (Wildman–Crippen LogP) is 9.29. The van der Waals surface area contributed by atoms with Gasteiger partial charge < -0.3 is 37.9 Å². The zero-order chi connectivity index (χ0) is 35.3. The number of hydrogen-bond acceptors (Lipinski definition) is 8. The second-order valence-electron chi connectivity index (χ2n) is 11.7. The molecule has 0 heterocycles. The average molecular weight is 687 g/mol. The molecule has 6 aromatic carbocycles. The van der Waals surface area contributed by atoms with Crippen molar-refractivity contribution in [1.29, 1.82) is 0 Å². The molecule has 0 amide bonds. The van der Waals surface area contributed by atoms with Crippen LogP contribution < -0.4 is 28.4 Å². The molecule has 6 rings (SSSR count). The molecule has 0 N–H and O–H groups in total. The fourth-order valence-electron chi connectivity index (χ4n) is 5.76. The fraction of sp³-hybridized carbons (Fsp3) is 0.209. The van der Waals surface area contributed by atoms with E-state index in [4.69, 9.17) is 37.9 Å². The second-order valence-corrected chi connectivity index (χ2v) is 11.7. The smallest absolute Gasteiger partial charge is 0.173 e. The maximum Gasteiger partial charge on any atom is 0.173 e. The van der Waals surface area contributed by atoms with Crippen molar-refractivity contribution in [2.24, 2.45) is 0 Å². The molecular formula is C43H42O8. The summed E-state index contributed by atoms with van der Waals surface area (Å²) < 4.78 is 50.3. The standard InChI is InChI=1S/C43H42O8/c1-44-30-47-29-35-40(49-26-32-18-10-5-11-19-32)38-36(48-25-31-16-8-4-9-17-31)24-37(45-2)42(51-28-34-22-14-7-15-23-34)39(38)43(46-3)41(35)50-27-33-20-12-6-13-21-33/h4-24H,25-30H2,1-3H3. The molecule has 0 saturated carbocycles. The molecule has 8 heteroatoms. The lowest BCUT2D eigenvalue weighted by atomic mass is 9.99. The normalized spacial score (nSPS) is 10.9. The first-order valence-electron chi connectivity index (χ1n) is 16.7. The summed E-state index contributed by atoms with van der Waals surface area (Å²) in [5.41, 5.74) is 4.58. The molecule has 0 saturated heterocycles. The van der Waals surface area contributed by atoms with E-state index >= 15 is 0 Å². The Morgan fingerprint density at radius 3 is 1.29 bits per heavy atom. The Morgan fingerprint density at radius 1 is 0.392 bits per heavy atom. The van der Waals surface area contributed by atoms with Gasteiger partial charge in [-0.1, -0.05) is 121 Å². The van der Waals surface area contributed by atoms with Gasteiger partial charge in [-0.15, -0.1) is 0 Å². The molecule has 262 valence electrons. The second kappa shape index (κ2) is 17.8. The third kappa shape index (κ3) is 8.73. The first-order valence-corrected chi connectivity index (χ1v) is 16.7. The van der Waals surface area contributed by atoms with Gasteiger partial charge in [-0.05, 0) is 22.3 Å². The summed E-state index contributed by atoms with van der Waals surface area (Å²) in [6.07, 6.45) is 0. The molecular weight excluding hydrogens is 644 g/mol. The highest BCUT2D eigenvalue weighted by molar-refractivity contribution is 6.06. The molecule has 0 aliphatic carbocycles. The van der Waals surface area contributed by atoms with Gasteiger partial charge in [0.25, 0.3) is 0 Å². The summed E-state index contributed by atoms with van der Waals surface area (Å²) in [6.45, 7) is 1.26. The Labute approximate surface area is 299 Å².